The number of fused-ring (bicyclic) bond motifs is 3. The fourth-order valence-corrected chi connectivity index (χ4v) is 14.1. The SMILES string of the molecule is CC1C(C)C2CC3C(C)C(C)C(C)C4C3C(CC3C(C)C(C)C(C1C)C23)C1C(C)C(C)C(C)C(C)C14. The first-order chi connectivity index (χ1) is 16.9. The van der Waals surface area contributed by atoms with Crippen LogP contribution in [0.1, 0.15) is 95.9 Å². The van der Waals surface area contributed by atoms with Gasteiger partial charge in [0.15, 0.2) is 0 Å². The third kappa shape index (κ3) is 3.17. The molecule has 6 fully saturated rings. The fourth-order valence-electron chi connectivity index (χ4n) is 14.1. The Bertz CT molecular complexity index is 828. The number of hydrogen-bond acceptors (Lipinski definition) is 0. The van der Waals surface area contributed by atoms with Gasteiger partial charge in [0, 0.05) is 0 Å². The second kappa shape index (κ2) is 8.75. The summed E-state index contributed by atoms with van der Waals surface area (Å²) >= 11 is 0. The molecule has 0 radical (unpaired) electrons. The summed E-state index contributed by atoms with van der Waals surface area (Å²) in [5.74, 6) is 21.0. The quantitative estimate of drug-likeness (QED) is 0.314. The third-order valence-electron chi connectivity index (χ3n) is 17.0. The normalized spacial score (nSPS) is 68.3. The molecule has 0 N–H and O–H groups in total. The molecule has 0 bridgehead atoms. The molecular weight excluding hydrogens is 432 g/mol. The molecule has 22 atom stereocenters. The smallest absolute Gasteiger partial charge is 0.0318 e. The van der Waals surface area contributed by atoms with Crippen molar-refractivity contribution >= 4 is 0 Å². The maximum atomic E-state index is 2.72. The van der Waals surface area contributed by atoms with E-state index in [2.05, 4.69) is 83.1 Å². The van der Waals surface area contributed by atoms with Crippen LogP contribution in [-0.2, 0) is 0 Å². The maximum Gasteiger partial charge on any atom is -0.0318 e. The molecule has 22 unspecified atom stereocenters. The van der Waals surface area contributed by atoms with Crippen molar-refractivity contribution in [1.29, 1.82) is 0 Å². The van der Waals surface area contributed by atoms with Crippen molar-refractivity contribution in [3.63, 3.8) is 0 Å². The lowest BCUT2D eigenvalue weighted by molar-refractivity contribution is -0.0865. The van der Waals surface area contributed by atoms with Crippen LogP contribution in [0.3, 0.4) is 0 Å². The summed E-state index contributed by atoms with van der Waals surface area (Å²) in [6, 6.07) is 0. The first kappa shape index (κ1) is 26.2. The Morgan fingerprint density at radius 1 is 0.222 bits per heavy atom. The van der Waals surface area contributed by atoms with Gasteiger partial charge < -0.3 is 0 Å². The van der Waals surface area contributed by atoms with Crippen molar-refractivity contribution in [2.24, 2.45) is 130 Å². The molecule has 0 heteroatoms. The van der Waals surface area contributed by atoms with Crippen LogP contribution in [0, 0.1) is 130 Å². The van der Waals surface area contributed by atoms with Crippen molar-refractivity contribution in [3.8, 4) is 0 Å². The largest absolute Gasteiger partial charge is 0.0620 e. The van der Waals surface area contributed by atoms with E-state index in [1.807, 2.05) is 0 Å². The van der Waals surface area contributed by atoms with Crippen molar-refractivity contribution < 1.29 is 0 Å². The Hall–Kier alpha value is 0. The first-order valence-electron chi connectivity index (χ1n) is 16.9. The van der Waals surface area contributed by atoms with Crippen LogP contribution in [0.4, 0.5) is 0 Å². The molecule has 0 saturated heterocycles. The maximum absolute atomic E-state index is 2.72. The molecule has 36 heavy (non-hydrogen) atoms. The van der Waals surface area contributed by atoms with Gasteiger partial charge in [-0.25, -0.2) is 0 Å². The van der Waals surface area contributed by atoms with Gasteiger partial charge in [-0.3, -0.25) is 0 Å². The Morgan fingerprint density at radius 2 is 0.500 bits per heavy atom. The zero-order valence-electron chi connectivity index (χ0n) is 26.1. The van der Waals surface area contributed by atoms with Gasteiger partial charge in [-0.05, 0) is 143 Å². The molecule has 0 nitrogen and oxygen atoms in total. The summed E-state index contributed by atoms with van der Waals surface area (Å²) in [5, 5.41) is 0. The second-order valence-corrected chi connectivity index (χ2v) is 16.9. The molecular formula is C36H62. The molecule has 0 aromatic rings. The summed E-state index contributed by atoms with van der Waals surface area (Å²) in [5.41, 5.74) is 0. The minimum atomic E-state index is 0.894. The van der Waals surface area contributed by atoms with E-state index in [0.717, 1.165) is 130 Å². The average molecular weight is 495 g/mol. The van der Waals surface area contributed by atoms with E-state index >= 15 is 0 Å². The molecule has 6 aliphatic rings. The van der Waals surface area contributed by atoms with Crippen molar-refractivity contribution in [2.75, 3.05) is 0 Å². The Balaban J connectivity index is 1.50. The zero-order chi connectivity index (χ0) is 26.1. The number of rotatable bonds is 0. The summed E-state index contributed by atoms with van der Waals surface area (Å²) in [6.07, 6.45) is 3.18. The molecule has 0 aliphatic heterocycles. The van der Waals surface area contributed by atoms with Crippen LogP contribution < -0.4 is 0 Å². The highest BCUT2D eigenvalue weighted by molar-refractivity contribution is 5.14. The van der Waals surface area contributed by atoms with Gasteiger partial charge in [0.25, 0.3) is 0 Å². The highest BCUT2D eigenvalue weighted by Crippen LogP contribution is 2.72. The van der Waals surface area contributed by atoms with Crippen LogP contribution in [0.2, 0.25) is 0 Å². The Kier molecular flexibility index (Phi) is 6.38. The summed E-state index contributed by atoms with van der Waals surface area (Å²) < 4.78 is 0. The molecule has 6 aliphatic carbocycles. The van der Waals surface area contributed by atoms with Crippen LogP contribution in [0.25, 0.3) is 0 Å². The van der Waals surface area contributed by atoms with Gasteiger partial charge >= 0.3 is 0 Å². The van der Waals surface area contributed by atoms with Crippen molar-refractivity contribution in [2.45, 2.75) is 95.9 Å². The van der Waals surface area contributed by atoms with E-state index in [1.165, 1.54) is 0 Å². The standard InChI is InChI=1S/C36H62/c1-15-16(2)24(10)33-32(23(15)9)30-14-29-21(7)26(12)31-22(8)17(3)19(5)27(35(29)31)13-28-20(6)18(4)25(11)34(33)36(28)30/h15-36H,13-14H2,1-12H3. The van der Waals surface area contributed by atoms with Gasteiger partial charge in [-0.1, -0.05) is 83.1 Å². The van der Waals surface area contributed by atoms with Gasteiger partial charge in [-0.2, -0.15) is 0 Å². The molecule has 0 aromatic carbocycles. The van der Waals surface area contributed by atoms with Gasteiger partial charge in [-0.15, -0.1) is 0 Å². The molecule has 6 saturated carbocycles. The van der Waals surface area contributed by atoms with E-state index in [1.54, 1.807) is 12.8 Å². The predicted molar refractivity (Wildman–Crippen MR) is 154 cm³/mol. The minimum Gasteiger partial charge on any atom is -0.0620 e. The Morgan fingerprint density at radius 3 is 1.00 bits per heavy atom. The molecule has 0 heterocycles. The Labute approximate surface area is 225 Å². The summed E-state index contributed by atoms with van der Waals surface area (Å²) in [4.78, 5) is 0. The average Bonchev–Trinajstić information content (AvgIpc) is 3.29. The second-order valence-electron chi connectivity index (χ2n) is 16.9. The van der Waals surface area contributed by atoms with Crippen LogP contribution in [-0.4, -0.2) is 0 Å². The van der Waals surface area contributed by atoms with E-state index in [0.29, 0.717) is 0 Å². The number of hydrogen-bond donors (Lipinski definition) is 0. The van der Waals surface area contributed by atoms with Crippen molar-refractivity contribution in [3.05, 3.63) is 0 Å². The van der Waals surface area contributed by atoms with Crippen LogP contribution in [0.5, 0.6) is 0 Å². The van der Waals surface area contributed by atoms with Gasteiger partial charge in [0.1, 0.15) is 0 Å². The predicted octanol–water partition coefficient (Wildman–Crippen LogP) is 9.64. The third-order valence-corrected chi connectivity index (χ3v) is 17.0. The molecule has 0 aromatic heterocycles. The van der Waals surface area contributed by atoms with E-state index < -0.39 is 0 Å². The lowest BCUT2D eigenvalue weighted by Gasteiger charge is -2.57. The monoisotopic (exact) mass is 494 g/mol. The fraction of sp³-hybridized carbons (Fsp3) is 1.00. The van der Waals surface area contributed by atoms with E-state index in [9.17, 15) is 0 Å². The summed E-state index contributed by atoms with van der Waals surface area (Å²) in [7, 11) is 0. The summed E-state index contributed by atoms with van der Waals surface area (Å²) in [6.45, 7) is 32.2. The lowest BCUT2D eigenvalue weighted by atomic mass is 9.48. The first-order valence-corrected chi connectivity index (χ1v) is 16.9. The van der Waals surface area contributed by atoms with Gasteiger partial charge in [0.2, 0.25) is 0 Å². The topological polar surface area (TPSA) is 0 Å². The molecule has 0 amide bonds. The molecule has 206 valence electrons. The van der Waals surface area contributed by atoms with Crippen LogP contribution >= 0.6 is 0 Å². The van der Waals surface area contributed by atoms with Gasteiger partial charge in [0.05, 0.1) is 0 Å². The van der Waals surface area contributed by atoms with E-state index in [4.69, 9.17) is 0 Å². The lowest BCUT2D eigenvalue weighted by Crippen LogP contribution is -2.51. The van der Waals surface area contributed by atoms with Crippen LogP contribution in [0.15, 0.2) is 0 Å². The highest BCUT2D eigenvalue weighted by atomic mass is 14.7. The molecule has 6 rings (SSSR count). The minimum absolute atomic E-state index is 0.894. The molecule has 0 spiro atoms. The van der Waals surface area contributed by atoms with Crippen molar-refractivity contribution in [1.82, 2.24) is 0 Å². The van der Waals surface area contributed by atoms with E-state index in [-0.39, 0.29) is 0 Å². The zero-order valence-corrected chi connectivity index (χ0v) is 26.1. The highest BCUT2D eigenvalue weighted by Gasteiger charge is 2.67.